The molecule has 3 N–H and O–H groups in total. The normalized spacial score (nSPS) is 21.4. The molecule has 0 bridgehead atoms. The molecular weight excluding hydrogens is 288 g/mol. The third kappa shape index (κ3) is 4.14. The molecule has 1 heterocycles. The number of carbonyl (C=O) groups is 1. The highest BCUT2D eigenvalue weighted by Crippen LogP contribution is 2.37. The quantitative estimate of drug-likeness (QED) is 0.664. The van der Waals surface area contributed by atoms with E-state index in [1.165, 1.54) is 7.11 Å². The minimum Gasteiger partial charge on any atom is -0.465 e. The Kier molecular flexibility index (Phi) is 4.85. The van der Waals surface area contributed by atoms with Gasteiger partial charge in [0.2, 0.25) is 0 Å². The summed E-state index contributed by atoms with van der Waals surface area (Å²) in [5, 5.41) is 3.64. The summed E-state index contributed by atoms with van der Waals surface area (Å²) in [6, 6.07) is 9.53. The molecule has 1 aromatic rings. The molecule has 126 valence electrons. The monoisotopic (exact) mass is 316 g/mol. The van der Waals surface area contributed by atoms with Gasteiger partial charge in [-0.3, -0.25) is 0 Å². The Balaban J connectivity index is 2.48. The minimum atomic E-state index is -0.372. The number of hydrogen-bond acceptors (Lipinski definition) is 4. The molecule has 0 atom stereocenters. The molecule has 23 heavy (non-hydrogen) atoms. The number of esters is 1. The van der Waals surface area contributed by atoms with E-state index in [0.29, 0.717) is 11.3 Å². The van der Waals surface area contributed by atoms with E-state index in [-0.39, 0.29) is 23.0 Å². The molecule has 1 aromatic carbocycles. The zero-order chi connectivity index (χ0) is 17.3. The van der Waals surface area contributed by atoms with Gasteiger partial charge in [0.25, 0.3) is 0 Å². The zero-order valence-corrected chi connectivity index (χ0v) is 14.8. The summed E-state index contributed by atoms with van der Waals surface area (Å²) in [5.41, 5.74) is 8.36. The number of rotatable bonds is 3. The van der Waals surface area contributed by atoms with E-state index in [0.717, 1.165) is 18.4 Å². The number of benzene rings is 1. The summed E-state index contributed by atoms with van der Waals surface area (Å²) in [6.45, 7) is 8.70. The van der Waals surface area contributed by atoms with Crippen LogP contribution in [0, 0.1) is 5.92 Å². The predicted octanol–water partition coefficient (Wildman–Crippen LogP) is 3.09. The van der Waals surface area contributed by atoms with E-state index in [1.54, 1.807) is 0 Å². The summed E-state index contributed by atoms with van der Waals surface area (Å²) < 4.78 is 4.99. The first kappa shape index (κ1) is 17.5. The SMILES string of the molecule is COC(=O)C(=C(N)C1CC(C)(C)NC(C)(C)C1)c1ccccc1. The van der Waals surface area contributed by atoms with E-state index in [4.69, 9.17) is 10.5 Å². The molecule has 4 nitrogen and oxygen atoms in total. The highest BCUT2D eigenvalue weighted by molar-refractivity contribution is 6.17. The van der Waals surface area contributed by atoms with E-state index in [2.05, 4.69) is 33.0 Å². The Morgan fingerprint density at radius 1 is 1.13 bits per heavy atom. The lowest BCUT2D eigenvalue weighted by Crippen LogP contribution is -2.58. The van der Waals surface area contributed by atoms with Gasteiger partial charge < -0.3 is 15.8 Å². The second kappa shape index (κ2) is 6.36. The van der Waals surface area contributed by atoms with Crippen molar-refractivity contribution in [2.45, 2.75) is 51.6 Å². The Morgan fingerprint density at radius 3 is 2.13 bits per heavy atom. The Morgan fingerprint density at radius 2 is 1.65 bits per heavy atom. The molecule has 1 fully saturated rings. The molecule has 1 aliphatic heterocycles. The topological polar surface area (TPSA) is 64.3 Å². The lowest BCUT2D eigenvalue weighted by Gasteiger charge is -2.47. The van der Waals surface area contributed by atoms with Gasteiger partial charge in [0.1, 0.15) is 0 Å². The molecule has 0 aromatic heterocycles. The van der Waals surface area contributed by atoms with Crippen molar-refractivity contribution in [3.8, 4) is 0 Å². The van der Waals surface area contributed by atoms with Crippen molar-refractivity contribution in [2.24, 2.45) is 11.7 Å². The highest BCUT2D eigenvalue weighted by Gasteiger charge is 2.39. The van der Waals surface area contributed by atoms with Crippen LogP contribution in [0.15, 0.2) is 36.0 Å². The minimum absolute atomic E-state index is 0.0328. The molecule has 0 amide bonds. The van der Waals surface area contributed by atoms with Crippen LogP contribution in [0.1, 0.15) is 46.1 Å². The molecular formula is C19H28N2O2. The van der Waals surface area contributed by atoms with E-state index in [1.807, 2.05) is 30.3 Å². The number of hydrogen-bond donors (Lipinski definition) is 2. The van der Waals surface area contributed by atoms with Gasteiger partial charge in [0.15, 0.2) is 0 Å². The Hall–Kier alpha value is -1.81. The molecule has 0 unspecified atom stereocenters. The van der Waals surface area contributed by atoms with Crippen LogP contribution in [-0.2, 0) is 9.53 Å². The second-order valence-corrected chi connectivity index (χ2v) is 7.69. The second-order valence-electron chi connectivity index (χ2n) is 7.69. The lowest BCUT2D eigenvalue weighted by atomic mass is 9.73. The average Bonchev–Trinajstić information content (AvgIpc) is 2.45. The van der Waals surface area contributed by atoms with E-state index >= 15 is 0 Å². The summed E-state index contributed by atoms with van der Waals surface area (Å²) in [4.78, 5) is 12.3. The standard InChI is InChI=1S/C19H28N2O2/c1-18(2)11-14(12-19(3,4)21-18)16(20)15(17(22)23-5)13-9-7-6-8-10-13/h6-10,14,21H,11-12,20H2,1-5H3. The maximum Gasteiger partial charge on any atom is 0.340 e. The maximum atomic E-state index is 12.3. The van der Waals surface area contributed by atoms with Gasteiger partial charge in [0.05, 0.1) is 12.7 Å². The number of allylic oxidation sites excluding steroid dienone is 1. The molecule has 2 rings (SSSR count). The van der Waals surface area contributed by atoms with Crippen molar-refractivity contribution in [2.75, 3.05) is 7.11 Å². The summed E-state index contributed by atoms with van der Waals surface area (Å²) in [6.07, 6.45) is 1.77. The van der Waals surface area contributed by atoms with Crippen LogP contribution < -0.4 is 11.1 Å². The average molecular weight is 316 g/mol. The van der Waals surface area contributed by atoms with Gasteiger partial charge in [-0.1, -0.05) is 30.3 Å². The van der Waals surface area contributed by atoms with Crippen LogP contribution >= 0.6 is 0 Å². The van der Waals surface area contributed by atoms with Gasteiger partial charge in [-0.15, -0.1) is 0 Å². The van der Waals surface area contributed by atoms with Crippen molar-refractivity contribution in [1.82, 2.24) is 5.32 Å². The number of carbonyl (C=O) groups excluding carboxylic acids is 1. The van der Waals surface area contributed by atoms with Crippen LogP contribution in [-0.4, -0.2) is 24.2 Å². The number of ether oxygens (including phenoxy) is 1. The number of nitrogens with one attached hydrogen (secondary N) is 1. The summed E-state index contributed by atoms with van der Waals surface area (Å²) >= 11 is 0. The molecule has 0 radical (unpaired) electrons. The van der Waals surface area contributed by atoms with Crippen molar-refractivity contribution in [3.05, 3.63) is 41.6 Å². The fourth-order valence-electron chi connectivity index (χ4n) is 3.86. The number of nitrogens with two attached hydrogens (primary N) is 1. The van der Waals surface area contributed by atoms with Crippen LogP contribution in [0.5, 0.6) is 0 Å². The van der Waals surface area contributed by atoms with Gasteiger partial charge in [-0.25, -0.2) is 4.79 Å². The Labute approximate surface area is 139 Å². The summed E-state index contributed by atoms with van der Waals surface area (Å²) in [5.74, 6) is -0.238. The largest absolute Gasteiger partial charge is 0.465 e. The fraction of sp³-hybridized carbons (Fsp3) is 0.526. The fourth-order valence-corrected chi connectivity index (χ4v) is 3.86. The zero-order valence-electron chi connectivity index (χ0n) is 14.8. The first-order valence-corrected chi connectivity index (χ1v) is 8.08. The molecule has 1 aliphatic rings. The van der Waals surface area contributed by atoms with E-state index < -0.39 is 0 Å². The molecule has 0 spiro atoms. The van der Waals surface area contributed by atoms with Crippen LogP contribution in [0.2, 0.25) is 0 Å². The van der Waals surface area contributed by atoms with Gasteiger partial charge in [0, 0.05) is 22.7 Å². The molecule has 0 saturated carbocycles. The van der Waals surface area contributed by atoms with E-state index in [9.17, 15) is 4.79 Å². The predicted molar refractivity (Wildman–Crippen MR) is 93.6 cm³/mol. The van der Waals surface area contributed by atoms with Gasteiger partial charge in [-0.05, 0) is 46.1 Å². The number of methoxy groups -OCH3 is 1. The van der Waals surface area contributed by atoms with Crippen molar-refractivity contribution in [1.29, 1.82) is 0 Å². The Bertz CT molecular complexity index is 587. The van der Waals surface area contributed by atoms with Gasteiger partial charge >= 0.3 is 5.97 Å². The smallest absolute Gasteiger partial charge is 0.340 e. The third-order valence-electron chi connectivity index (χ3n) is 4.37. The van der Waals surface area contributed by atoms with Crippen LogP contribution in [0.25, 0.3) is 5.57 Å². The van der Waals surface area contributed by atoms with Crippen molar-refractivity contribution in [3.63, 3.8) is 0 Å². The molecule has 0 aliphatic carbocycles. The van der Waals surface area contributed by atoms with Crippen molar-refractivity contribution >= 4 is 11.5 Å². The lowest BCUT2D eigenvalue weighted by molar-refractivity contribution is -0.133. The van der Waals surface area contributed by atoms with Crippen molar-refractivity contribution < 1.29 is 9.53 Å². The first-order valence-electron chi connectivity index (χ1n) is 8.08. The maximum absolute atomic E-state index is 12.3. The number of piperidine rings is 1. The first-order chi connectivity index (χ1) is 10.7. The van der Waals surface area contributed by atoms with Crippen LogP contribution in [0.4, 0.5) is 0 Å². The highest BCUT2D eigenvalue weighted by atomic mass is 16.5. The van der Waals surface area contributed by atoms with Crippen LogP contribution in [0.3, 0.4) is 0 Å². The summed E-state index contributed by atoms with van der Waals surface area (Å²) in [7, 11) is 1.40. The third-order valence-corrected chi connectivity index (χ3v) is 4.37. The molecule has 1 saturated heterocycles. The van der Waals surface area contributed by atoms with Gasteiger partial charge in [-0.2, -0.15) is 0 Å². The molecule has 4 heteroatoms.